The summed E-state index contributed by atoms with van der Waals surface area (Å²) in [6.45, 7) is 6.92. The molecule has 6 heteroatoms. The number of hydrogen-bond acceptors (Lipinski definition) is 3. The fourth-order valence-corrected chi connectivity index (χ4v) is 2.66. The molecule has 6 nitrogen and oxygen atoms in total. The summed E-state index contributed by atoms with van der Waals surface area (Å²) in [5.41, 5.74) is 2.11. The lowest BCUT2D eigenvalue weighted by atomic mass is 10.0. The molecule has 150 valence electrons. The van der Waals surface area contributed by atoms with Crippen molar-refractivity contribution in [2.24, 2.45) is 5.92 Å². The minimum absolute atomic E-state index is 0.0415. The lowest BCUT2D eigenvalue weighted by molar-refractivity contribution is -0.124. The number of urea groups is 1. The van der Waals surface area contributed by atoms with E-state index < -0.39 is 6.04 Å². The normalized spacial score (nSPS) is 11.6. The molecule has 0 fully saturated rings. The zero-order valence-corrected chi connectivity index (χ0v) is 16.7. The van der Waals surface area contributed by atoms with Crippen molar-refractivity contribution in [2.45, 2.75) is 33.4 Å². The van der Waals surface area contributed by atoms with E-state index in [0.717, 1.165) is 16.9 Å². The molecule has 28 heavy (non-hydrogen) atoms. The van der Waals surface area contributed by atoms with Crippen LogP contribution in [0, 0.1) is 12.8 Å². The number of amides is 3. The van der Waals surface area contributed by atoms with E-state index in [-0.39, 0.29) is 17.9 Å². The van der Waals surface area contributed by atoms with Crippen LogP contribution in [-0.2, 0) is 11.3 Å². The highest BCUT2D eigenvalue weighted by atomic mass is 16.5. The molecule has 0 unspecified atom stereocenters. The van der Waals surface area contributed by atoms with Crippen LogP contribution in [0.2, 0.25) is 0 Å². The minimum Gasteiger partial charge on any atom is -0.492 e. The van der Waals surface area contributed by atoms with E-state index in [1.165, 1.54) is 0 Å². The van der Waals surface area contributed by atoms with Gasteiger partial charge in [-0.2, -0.15) is 0 Å². The van der Waals surface area contributed by atoms with Gasteiger partial charge in [-0.3, -0.25) is 4.79 Å². The monoisotopic (exact) mass is 383 g/mol. The molecule has 0 aliphatic carbocycles. The van der Waals surface area contributed by atoms with Gasteiger partial charge < -0.3 is 20.7 Å². The number of rotatable bonds is 9. The smallest absolute Gasteiger partial charge is 0.315 e. The Morgan fingerprint density at radius 1 is 1.00 bits per heavy atom. The summed E-state index contributed by atoms with van der Waals surface area (Å²) in [6, 6.07) is 16.4. The Bertz CT molecular complexity index is 763. The molecular weight excluding hydrogens is 354 g/mol. The van der Waals surface area contributed by atoms with Crippen LogP contribution < -0.4 is 20.7 Å². The Morgan fingerprint density at radius 3 is 2.43 bits per heavy atom. The van der Waals surface area contributed by atoms with E-state index in [0.29, 0.717) is 19.7 Å². The predicted octanol–water partition coefficient (Wildman–Crippen LogP) is 3.01. The Balaban J connectivity index is 1.75. The Hall–Kier alpha value is -3.02. The quantitative estimate of drug-likeness (QED) is 0.583. The van der Waals surface area contributed by atoms with E-state index in [2.05, 4.69) is 16.0 Å². The van der Waals surface area contributed by atoms with E-state index in [1.54, 1.807) is 0 Å². The molecule has 0 saturated heterocycles. The summed E-state index contributed by atoms with van der Waals surface area (Å²) in [4.78, 5) is 24.6. The third-order valence-corrected chi connectivity index (χ3v) is 4.19. The second-order valence-electron chi connectivity index (χ2n) is 6.99. The summed E-state index contributed by atoms with van der Waals surface area (Å²) >= 11 is 0. The predicted molar refractivity (Wildman–Crippen MR) is 110 cm³/mol. The van der Waals surface area contributed by atoms with Gasteiger partial charge in [0.25, 0.3) is 0 Å². The van der Waals surface area contributed by atoms with Crippen molar-refractivity contribution in [1.82, 2.24) is 16.0 Å². The summed E-state index contributed by atoms with van der Waals surface area (Å²) in [7, 11) is 0. The van der Waals surface area contributed by atoms with Crippen molar-refractivity contribution in [2.75, 3.05) is 13.2 Å². The molecule has 0 heterocycles. The fourth-order valence-electron chi connectivity index (χ4n) is 2.66. The number of ether oxygens (including phenoxy) is 1. The van der Waals surface area contributed by atoms with E-state index in [4.69, 9.17) is 4.74 Å². The highest BCUT2D eigenvalue weighted by Gasteiger charge is 2.23. The van der Waals surface area contributed by atoms with Crippen LogP contribution in [0.5, 0.6) is 5.75 Å². The van der Waals surface area contributed by atoms with Gasteiger partial charge in [-0.25, -0.2) is 4.79 Å². The van der Waals surface area contributed by atoms with E-state index in [9.17, 15) is 9.59 Å². The molecule has 3 N–H and O–H groups in total. The molecule has 2 rings (SSSR count). The summed E-state index contributed by atoms with van der Waals surface area (Å²) < 4.78 is 5.63. The number of aryl methyl sites for hydroxylation is 1. The highest BCUT2D eigenvalue weighted by molar-refractivity contribution is 5.87. The Labute approximate surface area is 166 Å². The van der Waals surface area contributed by atoms with Gasteiger partial charge in [-0.1, -0.05) is 56.3 Å². The van der Waals surface area contributed by atoms with Crippen molar-refractivity contribution < 1.29 is 14.3 Å². The van der Waals surface area contributed by atoms with Crippen molar-refractivity contribution in [1.29, 1.82) is 0 Å². The van der Waals surface area contributed by atoms with Gasteiger partial charge in [0.15, 0.2) is 0 Å². The van der Waals surface area contributed by atoms with Crippen LogP contribution in [0.4, 0.5) is 4.79 Å². The van der Waals surface area contributed by atoms with E-state index in [1.807, 2.05) is 75.4 Å². The fraction of sp³-hybridized carbons (Fsp3) is 0.364. The van der Waals surface area contributed by atoms with Gasteiger partial charge in [0.1, 0.15) is 18.4 Å². The molecule has 0 aliphatic rings. The number of benzene rings is 2. The first-order valence-corrected chi connectivity index (χ1v) is 9.51. The van der Waals surface area contributed by atoms with Crippen LogP contribution in [0.1, 0.15) is 25.0 Å². The lowest BCUT2D eigenvalue weighted by Crippen LogP contribution is -2.52. The third-order valence-electron chi connectivity index (χ3n) is 4.19. The average Bonchev–Trinajstić information content (AvgIpc) is 2.68. The average molecular weight is 383 g/mol. The van der Waals surface area contributed by atoms with Crippen molar-refractivity contribution in [3.63, 3.8) is 0 Å². The van der Waals surface area contributed by atoms with Gasteiger partial charge in [0, 0.05) is 6.54 Å². The van der Waals surface area contributed by atoms with Gasteiger partial charge in [-0.05, 0) is 36.1 Å². The van der Waals surface area contributed by atoms with Gasteiger partial charge in [0.05, 0.1) is 6.54 Å². The first-order chi connectivity index (χ1) is 13.5. The molecule has 2 aromatic rings. The second kappa shape index (κ2) is 11.0. The summed E-state index contributed by atoms with van der Waals surface area (Å²) in [6.07, 6.45) is 0. The zero-order chi connectivity index (χ0) is 20.4. The number of nitrogens with one attached hydrogen (secondary N) is 3. The SMILES string of the molecule is Cc1cccc(OCCNC(=O)[C@H](NC(=O)NCc2ccccc2)C(C)C)c1. The van der Waals surface area contributed by atoms with Gasteiger partial charge >= 0.3 is 6.03 Å². The van der Waals surface area contributed by atoms with Gasteiger partial charge in [0.2, 0.25) is 5.91 Å². The van der Waals surface area contributed by atoms with Crippen LogP contribution in [-0.4, -0.2) is 31.1 Å². The molecule has 0 bridgehead atoms. The molecule has 0 aromatic heterocycles. The topological polar surface area (TPSA) is 79.5 Å². The molecule has 0 aliphatic heterocycles. The Morgan fingerprint density at radius 2 is 1.75 bits per heavy atom. The molecule has 0 spiro atoms. The van der Waals surface area contributed by atoms with Crippen LogP contribution in [0.15, 0.2) is 54.6 Å². The number of carbonyl (C=O) groups excluding carboxylic acids is 2. The van der Waals surface area contributed by atoms with Crippen molar-refractivity contribution in [3.05, 3.63) is 65.7 Å². The standard InChI is InChI=1S/C22H29N3O3/c1-16(2)20(25-22(27)24-15-18-9-5-4-6-10-18)21(26)23-12-13-28-19-11-7-8-17(3)14-19/h4-11,14,16,20H,12-13,15H2,1-3H3,(H,23,26)(H2,24,25,27)/t20-/m1/s1. The van der Waals surface area contributed by atoms with Gasteiger partial charge in [-0.15, -0.1) is 0 Å². The zero-order valence-electron chi connectivity index (χ0n) is 16.7. The summed E-state index contributed by atoms with van der Waals surface area (Å²) in [5, 5.41) is 8.35. The molecule has 0 saturated carbocycles. The largest absolute Gasteiger partial charge is 0.492 e. The van der Waals surface area contributed by atoms with Crippen LogP contribution in [0.3, 0.4) is 0 Å². The van der Waals surface area contributed by atoms with Crippen molar-refractivity contribution >= 4 is 11.9 Å². The van der Waals surface area contributed by atoms with Crippen LogP contribution >= 0.6 is 0 Å². The second-order valence-corrected chi connectivity index (χ2v) is 6.99. The van der Waals surface area contributed by atoms with E-state index >= 15 is 0 Å². The molecule has 1 atom stereocenters. The first kappa shape index (κ1) is 21.3. The Kier molecular flexibility index (Phi) is 8.34. The molecule has 2 aromatic carbocycles. The first-order valence-electron chi connectivity index (χ1n) is 9.51. The summed E-state index contributed by atoms with van der Waals surface area (Å²) in [5.74, 6) is 0.506. The van der Waals surface area contributed by atoms with Crippen LogP contribution in [0.25, 0.3) is 0 Å². The number of carbonyl (C=O) groups is 2. The molecular formula is C22H29N3O3. The minimum atomic E-state index is -0.616. The number of hydrogen-bond donors (Lipinski definition) is 3. The highest BCUT2D eigenvalue weighted by Crippen LogP contribution is 2.11. The molecule has 0 radical (unpaired) electrons. The molecule has 3 amide bonds. The third kappa shape index (κ3) is 7.31. The maximum absolute atomic E-state index is 12.5. The van der Waals surface area contributed by atoms with Crippen molar-refractivity contribution in [3.8, 4) is 5.75 Å². The maximum atomic E-state index is 12.5. The maximum Gasteiger partial charge on any atom is 0.315 e. The lowest BCUT2D eigenvalue weighted by Gasteiger charge is -2.22.